The first-order chi connectivity index (χ1) is 17.6. The van der Waals surface area contributed by atoms with E-state index < -0.39 is 54.0 Å². The molecule has 3 amide bonds. The number of fused-ring (bicyclic) bond motifs is 1. The predicted molar refractivity (Wildman–Crippen MR) is 142 cm³/mol. The number of carboxylic acid groups (broad SMARTS) is 1. The minimum Gasteiger partial charge on any atom is -0.480 e. The summed E-state index contributed by atoms with van der Waals surface area (Å²) in [6.45, 7) is 1.74. The van der Waals surface area contributed by atoms with Crippen LogP contribution in [-0.4, -0.2) is 81.5 Å². The Morgan fingerprint density at radius 1 is 1.00 bits per heavy atom. The lowest BCUT2D eigenvalue weighted by Gasteiger charge is -2.25. The van der Waals surface area contributed by atoms with Gasteiger partial charge in [0.25, 0.3) is 0 Å². The molecule has 5 unspecified atom stereocenters. The first kappa shape index (κ1) is 30.1. The van der Waals surface area contributed by atoms with Gasteiger partial charge < -0.3 is 42.6 Å². The number of para-hydroxylation sites is 1. The number of aromatic nitrogens is 1. The number of H-pyrrole nitrogens is 1. The molecule has 0 aliphatic rings. The number of aromatic amines is 1. The van der Waals surface area contributed by atoms with E-state index in [2.05, 4.69) is 33.6 Å². The molecule has 204 valence electrons. The van der Waals surface area contributed by atoms with Crippen molar-refractivity contribution in [1.82, 2.24) is 20.9 Å². The molecule has 5 atom stereocenters. The van der Waals surface area contributed by atoms with Gasteiger partial charge in [-0.1, -0.05) is 18.2 Å². The van der Waals surface area contributed by atoms with Gasteiger partial charge in [0, 0.05) is 29.3 Å². The van der Waals surface area contributed by atoms with Crippen LogP contribution in [0, 0.1) is 0 Å². The van der Waals surface area contributed by atoms with Crippen molar-refractivity contribution in [2.24, 2.45) is 11.5 Å². The van der Waals surface area contributed by atoms with Crippen molar-refractivity contribution in [2.45, 2.75) is 62.9 Å². The van der Waals surface area contributed by atoms with Gasteiger partial charge in [-0.2, -0.15) is 12.6 Å². The van der Waals surface area contributed by atoms with Gasteiger partial charge in [0.1, 0.15) is 24.2 Å². The van der Waals surface area contributed by atoms with Gasteiger partial charge in [-0.25, -0.2) is 4.79 Å². The Labute approximate surface area is 220 Å². The molecule has 0 saturated carbocycles. The summed E-state index contributed by atoms with van der Waals surface area (Å²) < 4.78 is 0. The smallest absolute Gasteiger partial charge is 0.326 e. The average Bonchev–Trinajstić information content (AvgIpc) is 3.28. The highest BCUT2D eigenvalue weighted by molar-refractivity contribution is 7.80. The Morgan fingerprint density at radius 3 is 2.24 bits per heavy atom. The van der Waals surface area contributed by atoms with Crippen LogP contribution in [0.25, 0.3) is 10.9 Å². The van der Waals surface area contributed by atoms with E-state index in [-0.39, 0.29) is 18.6 Å². The molecule has 10 N–H and O–H groups in total. The third-order valence-electron chi connectivity index (χ3n) is 5.93. The van der Waals surface area contributed by atoms with Crippen molar-refractivity contribution in [3.63, 3.8) is 0 Å². The molecule has 1 heterocycles. The number of rotatable bonds is 15. The minimum absolute atomic E-state index is 0.0212. The Balaban J connectivity index is 2.09. The number of aliphatic hydroxyl groups is 1. The van der Waals surface area contributed by atoms with Gasteiger partial charge in [0.2, 0.25) is 17.7 Å². The number of nitrogens with one attached hydrogen (secondary N) is 4. The topological polar surface area (TPSA) is 213 Å². The van der Waals surface area contributed by atoms with Gasteiger partial charge >= 0.3 is 5.97 Å². The van der Waals surface area contributed by atoms with E-state index in [1.54, 1.807) is 6.20 Å². The highest BCUT2D eigenvalue weighted by Crippen LogP contribution is 2.19. The van der Waals surface area contributed by atoms with Crippen LogP contribution >= 0.6 is 12.6 Å². The molecular weight excluding hydrogens is 500 g/mol. The highest BCUT2D eigenvalue weighted by atomic mass is 32.1. The molecule has 0 bridgehead atoms. The number of aliphatic hydroxyl groups excluding tert-OH is 1. The molecule has 13 heteroatoms. The number of unbranched alkanes of at least 4 members (excludes halogenated alkanes) is 1. The fourth-order valence-corrected chi connectivity index (χ4v) is 3.96. The van der Waals surface area contributed by atoms with Crippen molar-refractivity contribution < 1.29 is 29.4 Å². The first-order valence-corrected chi connectivity index (χ1v) is 12.7. The van der Waals surface area contributed by atoms with Gasteiger partial charge in [-0.05, 0) is 44.4 Å². The lowest BCUT2D eigenvalue weighted by atomic mass is 10.0. The standard InChI is InChI=1S/C24H36N6O6S/c1-13(31)20(26)23(34)28-17(8-4-5-9-25)21(32)30-19(12-37)22(33)29-18(24(35)36)10-14-11-27-16-7-3-2-6-15(14)16/h2-3,6-7,11,13,17-20,27,31,37H,4-5,8-10,12,25-26H2,1H3,(H,28,34)(H,29,33)(H,30,32)(H,35,36). The van der Waals surface area contributed by atoms with Gasteiger partial charge in [-0.15, -0.1) is 0 Å². The lowest BCUT2D eigenvalue weighted by molar-refractivity contribution is -0.142. The molecule has 2 rings (SSSR count). The maximum atomic E-state index is 13.0. The van der Waals surface area contributed by atoms with Crippen LogP contribution in [0.15, 0.2) is 30.5 Å². The summed E-state index contributed by atoms with van der Waals surface area (Å²) in [6, 6.07) is 2.68. The molecule has 0 radical (unpaired) electrons. The van der Waals surface area contributed by atoms with E-state index in [1.807, 2.05) is 24.3 Å². The summed E-state index contributed by atoms with van der Waals surface area (Å²) in [5.41, 5.74) is 12.7. The molecule has 2 aromatic rings. The summed E-state index contributed by atoms with van der Waals surface area (Å²) in [4.78, 5) is 53.2. The Kier molecular flexibility index (Phi) is 11.9. The van der Waals surface area contributed by atoms with Crippen molar-refractivity contribution in [3.8, 4) is 0 Å². The van der Waals surface area contributed by atoms with Crippen molar-refractivity contribution >= 4 is 47.2 Å². The number of nitrogens with two attached hydrogens (primary N) is 2. The zero-order chi connectivity index (χ0) is 27.5. The summed E-state index contributed by atoms with van der Waals surface area (Å²) in [5.74, 6) is -3.47. The third kappa shape index (κ3) is 8.74. The van der Waals surface area contributed by atoms with Gasteiger partial charge in [0.15, 0.2) is 0 Å². The largest absolute Gasteiger partial charge is 0.480 e. The Morgan fingerprint density at radius 2 is 1.62 bits per heavy atom. The zero-order valence-corrected chi connectivity index (χ0v) is 21.5. The number of aliphatic carboxylic acids is 1. The number of hydrogen-bond acceptors (Lipinski definition) is 8. The molecular formula is C24H36N6O6S. The zero-order valence-electron chi connectivity index (χ0n) is 20.6. The Bertz CT molecular complexity index is 1080. The Hall–Kier alpha value is -3.13. The second-order valence-corrected chi connectivity index (χ2v) is 9.18. The van der Waals surface area contributed by atoms with E-state index >= 15 is 0 Å². The summed E-state index contributed by atoms with van der Waals surface area (Å²) >= 11 is 4.14. The number of amides is 3. The predicted octanol–water partition coefficient (Wildman–Crippen LogP) is -0.984. The molecule has 0 aliphatic carbocycles. The van der Waals surface area contributed by atoms with E-state index in [4.69, 9.17) is 11.5 Å². The molecule has 0 fully saturated rings. The van der Waals surface area contributed by atoms with Crippen LogP contribution in [-0.2, 0) is 25.6 Å². The van der Waals surface area contributed by atoms with Crippen LogP contribution in [0.1, 0.15) is 31.7 Å². The molecule has 0 aliphatic heterocycles. The third-order valence-corrected chi connectivity index (χ3v) is 6.30. The van der Waals surface area contributed by atoms with Gasteiger partial charge in [0.05, 0.1) is 6.10 Å². The fourth-order valence-electron chi connectivity index (χ4n) is 3.71. The van der Waals surface area contributed by atoms with E-state index in [0.717, 1.165) is 10.9 Å². The average molecular weight is 537 g/mol. The van der Waals surface area contributed by atoms with Crippen LogP contribution < -0.4 is 27.4 Å². The molecule has 0 spiro atoms. The molecule has 12 nitrogen and oxygen atoms in total. The van der Waals surface area contributed by atoms with E-state index in [9.17, 15) is 29.4 Å². The minimum atomic E-state index is -1.25. The van der Waals surface area contributed by atoms with Crippen molar-refractivity contribution in [1.29, 1.82) is 0 Å². The van der Waals surface area contributed by atoms with Crippen LogP contribution in [0.2, 0.25) is 0 Å². The van der Waals surface area contributed by atoms with E-state index in [0.29, 0.717) is 24.9 Å². The van der Waals surface area contributed by atoms with Crippen LogP contribution in [0.5, 0.6) is 0 Å². The maximum absolute atomic E-state index is 13.0. The lowest BCUT2D eigenvalue weighted by Crippen LogP contribution is -2.58. The summed E-state index contributed by atoms with van der Waals surface area (Å²) in [6.07, 6.45) is 1.92. The number of carbonyl (C=O) groups is 4. The number of hydrogen-bond donors (Lipinski definition) is 9. The highest BCUT2D eigenvalue weighted by Gasteiger charge is 2.30. The fraction of sp³-hybridized carbons (Fsp3) is 0.500. The summed E-state index contributed by atoms with van der Waals surface area (Å²) in [7, 11) is 0. The molecule has 37 heavy (non-hydrogen) atoms. The molecule has 0 saturated heterocycles. The first-order valence-electron chi connectivity index (χ1n) is 12.0. The van der Waals surface area contributed by atoms with Gasteiger partial charge in [-0.3, -0.25) is 14.4 Å². The maximum Gasteiger partial charge on any atom is 0.326 e. The monoisotopic (exact) mass is 536 g/mol. The number of carboxylic acids is 1. The summed E-state index contributed by atoms with van der Waals surface area (Å²) in [5, 5.41) is 27.6. The van der Waals surface area contributed by atoms with Crippen LogP contribution in [0.3, 0.4) is 0 Å². The quantitative estimate of drug-likeness (QED) is 0.102. The van der Waals surface area contributed by atoms with E-state index in [1.165, 1.54) is 6.92 Å². The molecule has 1 aromatic heterocycles. The van der Waals surface area contributed by atoms with Crippen LogP contribution in [0.4, 0.5) is 0 Å². The normalized spacial score (nSPS) is 15.3. The van der Waals surface area contributed by atoms with Crippen molar-refractivity contribution in [3.05, 3.63) is 36.0 Å². The number of benzene rings is 1. The SMILES string of the molecule is CC(O)C(N)C(=O)NC(CCCCN)C(=O)NC(CS)C(=O)NC(Cc1c[nH]c2ccccc12)C(=O)O. The van der Waals surface area contributed by atoms with Crippen molar-refractivity contribution in [2.75, 3.05) is 12.3 Å². The molecule has 1 aromatic carbocycles. The number of thiol groups is 1. The second kappa shape index (κ2) is 14.6. The number of carbonyl (C=O) groups excluding carboxylic acids is 3. The second-order valence-electron chi connectivity index (χ2n) is 8.82.